The minimum Gasteiger partial charge on any atom is -0.468 e. The first-order valence-electron chi connectivity index (χ1n) is 3.19. The maximum atomic E-state index is 9.01. The number of rotatable bonds is 2. The van der Waals surface area contributed by atoms with Crippen molar-refractivity contribution < 1.29 is 9.52 Å². The van der Waals surface area contributed by atoms with Crippen LogP contribution in [-0.2, 0) is 0 Å². The highest BCUT2D eigenvalue weighted by atomic mass is 16.3. The van der Waals surface area contributed by atoms with Gasteiger partial charge in [-0.1, -0.05) is 0 Å². The van der Waals surface area contributed by atoms with Crippen LogP contribution >= 0.6 is 0 Å². The van der Waals surface area contributed by atoms with Crippen LogP contribution in [0.1, 0.15) is 18.7 Å². The van der Waals surface area contributed by atoms with E-state index in [1.807, 2.05) is 0 Å². The molecule has 0 saturated carbocycles. The standard InChI is InChI=1S/C7H11NO2/c1-5(9)7(8)6-3-2-4-10-6/h2-5,7,9H,8H2,1H3/t5?,7-/m1/s1. The number of nitrogens with two attached hydrogens (primary N) is 1. The number of furan rings is 1. The van der Waals surface area contributed by atoms with Gasteiger partial charge in [0.25, 0.3) is 0 Å². The predicted octanol–water partition coefficient (Wildman–Crippen LogP) is 0.660. The Balaban J connectivity index is 2.68. The van der Waals surface area contributed by atoms with E-state index in [1.54, 1.807) is 19.1 Å². The lowest BCUT2D eigenvalue weighted by molar-refractivity contribution is 0.153. The average molecular weight is 141 g/mol. The molecular weight excluding hydrogens is 130 g/mol. The van der Waals surface area contributed by atoms with Gasteiger partial charge in [-0.15, -0.1) is 0 Å². The van der Waals surface area contributed by atoms with E-state index in [9.17, 15) is 0 Å². The van der Waals surface area contributed by atoms with Gasteiger partial charge in [-0.2, -0.15) is 0 Å². The van der Waals surface area contributed by atoms with Gasteiger partial charge >= 0.3 is 0 Å². The van der Waals surface area contributed by atoms with Gasteiger partial charge in [0.05, 0.1) is 18.4 Å². The molecule has 3 nitrogen and oxygen atoms in total. The summed E-state index contributed by atoms with van der Waals surface area (Å²) >= 11 is 0. The van der Waals surface area contributed by atoms with Crippen molar-refractivity contribution in [1.29, 1.82) is 0 Å². The van der Waals surface area contributed by atoms with Crippen LogP contribution in [0, 0.1) is 0 Å². The lowest BCUT2D eigenvalue weighted by atomic mass is 10.1. The van der Waals surface area contributed by atoms with Crippen molar-refractivity contribution in [1.82, 2.24) is 0 Å². The number of hydrogen-bond donors (Lipinski definition) is 2. The number of aliphatic hydroxyl groups excluding tert-OH is 1. The van der Waals surface area contributed by atoms with E-state index in [-0.39, 0.29) is 0 Å². The van der Waals surface area contributed by atoms with Gasteiger partial charge in [-0.05, 0) is 19.1 Å². The van der Waals surface area contributed by atoms with Crippen molar-refractivity contribution in [2.24, 2.45) is 5.73 Å². The van der Waals surface area contributed by atoms with Gasteiger partial charge in [0, 0.05) is 0 Å². The smallest absolute Gasteiger partial charge is 0.123 e. The molecule has 0 radical (unpaired) electrons. The Hall–Kier alpha value is -0.800. The van der Waals surface area contributed by atoms with Gasteiger partial charge in [-0.3, -0.25) is 0 Å². The Morgan fingerprint density at radius 2 is 2.40 bits per heavy atom. The molecule has 0 spiro atoms. The maximum Gasteiger partial charge on any atom is 0.123 e. The van der Waals surface area contributed by atoms with Gasteiger partial charge < -0.3 is 15.3 Å². The zero-order valence-corrected chi connectivity index (χ0v) is 5.82. The molecule has 2 atom stereocenters. The third-order valence-electron chi connectivity index (χ3n) is 1.39. The molecular formula is C7H11NO2. The quantitative estimate of drug-likeness (QED) is 0.636. The molecule has 56 valence electrons. The molecule has 0 aliphatic carbocycles. The zero-order valence-electron chi connectivity index (χ0n) is 5.82. The Labute approximate surface area is 59.5 Å². The Kier molecular flexibility index (Phi) is 2.09. The summed E-state index contributed by atoms with van der Waals surface area (Å²) in [6.45, 7) is 1.63. The van der Waals surface area contributed by atoms with E-state index in [0.717, 1.165) is 0 Å². The molecule has 0 aliphatic rings. The van der Waals surface area contributed by atoms with E-state index in [1.165, 1.54) is 6.26 Å². The lowest BCUT2D eigenvalue weighted by Gasteiger charge is -2.10. The first-order chi connectivity index (χ1) is 4.72. The molecule has 0 aliphatic heterocycles. The molecule has 1 aromatic heterocycles. The van der Waals surface area contributed by atoms with Gasteiger partial charge in [0.1, 0.15) is 5.76 Å². The van der Waals surface area contributed by atoms with E-state index < -0.39 is 12.1 Å². The van der Waals surface area contributed by atoms with Crippen molar-refractivity contribution in [3.05, 3.63) is 24.2 Å². The first kappa shape index (κ1) is 7.31. The Bertz CT molecular complexity index is 181. The van der Waals surface area contributed by atoms with Crippen LogP contribution in [0.15, 0.2) is 22.8 Å². The van der Waals surface area contributed by atoms with E-state index >= 15 is 0 Å². The van der Waals surface area contributed by atoms with E-state index in [4.69, 9.17) is 15.3 Å². The van der Waals surface area contributed by atoms with Crippen molar-refractivity contribution in [3.63, 3.8) is 0 Å². The molecule has 0 saturated heterocycles. The fourth-order valence-electron chi connectivity index (χ4n) is 0.719. The highest BCUT2D eigenvalue weighted by Gasteiger charge is 2.13. The van der Waals surface area contributed by atoms with Crippen molar-refractivity contribution in [2.75, 3.05) is 0 Å². The van der Waals surface area contributed by atoms with Crippen molar-refractivity contribution in [2.45, 2.75) is 19.1 Å². The van der Waals surface area contributed by atoms with E-state index in [2.05, 4.69) is 0 Å². The molecule has 3 heteroatoms. The van der Waals surface area contributed by atoms with Crippen molar-refractivity contribution in [3.8, 4) is 0 Å². The zero-order chi connectivity index (χ0) is 7.56. The first-order valence-corrected chi connectivity index (χ1v) is 3.19. The summed E-state index contributed by atoms with van der Waals surface area (Å²) in [5, 5.41) is 9.01. The minimum atomic E-state index is -0.564. The van der Waals surface area contributed by atoms with Crippen LogP contribution in [0.4, 0.5) is 0 Å². The third kappa shape index (κ3) is 1.37. The molecule has 0 fully saturated rings. The molecule has 1 unspecified atom stereocenters. The third-order valence-corrected chi connectivity index (χ3v) is 1.39. The number of aliphatic hydroxyl groups is 1. The highest BCUT2D eigenvalue weighted by Crippen LogP contribution is 2.13. The topological polar surface area (TPSA) is 59.4 Å². The summed E-state index contributed by atoms with van der Waals surface area (Å²) in [7, 11) is 0. The van der Waals surface area contributed by atoms with Crippen LogP contribution < -0.4 is 5.73 Å². The molecule has 1 rings (SSSR count). The fraction of sp³-hybridized carbons (Fsp3) is 0.429. The van der Waals surface area contributed by atoms with Crippen molar-refractivity contribution >= 4 is 0 Å². The Morgan fingerprint density at radius 1 is 1.70 bits per heavy atom. The SMILES string of the molecule is CC(O)[C@@H](N)c1ccco1. The Morgan fingerprint density at radius 3 is 2.80 bits per heavy atom. The van der Waals surface area contributed by atoms with Crippen LogP contribution in [0.3, 0.4) is 0 Å². The summed E-state index contributed by atoms with van der Waals surface area (Å²) in [6, 6.07) is 3.09. The number of hydrogen-bond acceptors (Lipinski definition) is 3. The summed E-state index contributed by atoms with van der Waals surface area (Å²) in [5.74, 6) is 0.620. The molecule has 1 heterocycles. The molecule has 3 N–H and O–H groups in total. The average Bonchev–Trinajstić information content (AvgIpc) is 2.36. The summed E-state index contributed by atoms with van der Waals surface area (Å²) in [6.07, 6.45) is 0.976. The monoisotopic (exact) mass is 141 g/mol. The van der Waals surface area contributed by atoms with E-state index in [0.29, 0.717) is 5.76 Å². The second-order valence-corrected chi connectivity index (χ2v) is 2.28. The largest absolute Gasteiger partial charge is 0.468 e. The lowest BCUT2D eigenvalue weighted by Crippen LogP contribution is -2.22. The molecule has 0 amide bonds. The second kappa shape index (κ2) is 2.86. The molecule has 0 bridgehead atoms. The minimum absolute atomic E-state index is 0.407. The summed E-state index contributed by atoms with van der Waals surface area (Å²) in [4.78, 5) is 0. The molecule has 0 aromatic carbocycles. The van der Waals surface area contributed by atoms with Gasteiger partial charge in [-0.25, -0.2) is 0 Å². The fourth-order valence-corrected chi connectivity index (χ4v) is 0.719. The summed E-state index contributed by atoms with van der Waals surface area (Å²) < 4.78 is 4.97. The second-order valence-electron chi connectivity index (χ2n) is 2.28. The van der Waals surface area contributed by atoms with Crippen LogP contribution in [0.5, 0.6) is 0 Å². The van der Waals surface area contributed by atoms with Crippen LogP contribution in [0.2, 0.25) is 0 Å². The summed E-state index contributed by atoms with van der Waals surface area (Å²) in [5.41, 5.74) is 5.54. The van der Waals surface area contributed by atoms with Gasteiger partial charge in [0.2, 0.25) is 0 Å². The predicted molar refractivity (Wildman–Crippen MR) is 37.3 cm³/mol. The van der Waals surface area contributed by atoms with Crippen LogP contribution in [-0.4, -0.2) is 11.2 Å². The van der Waals surface area contributed by atoms with Crippen LogP contribution in [0.25, 0.3) is 0 Å². The van der Waals surface area contributed by atoms with Gasteiger partial charge in [0.15, 0.2) is 0 Å². The highest BCUT2D eigenvalue weighted by molar-refractivity contribution is 5.04. The normalized spacial score (nSPS) is 16.7. The maximum absolute atomic E-state index is 9.01. The molecule has 10 heavy (non-hydrogen) atoms. The molecule has 1 aromatic rings.